The highest BCUT2D eigenvalue weighted by molar-refractivity contribution is 5.90. The van der Waals surface area contributed by atoms with Crippen molar-refractivity contribution in [3.8, 4) is 33.8 Å². The average molecular weight is 384 g/mol. The molecule has 0 saturated carbocycles. The van der Waals surface area contributed by atoms with Gasteiger partial charge in [-0.05, 0) is 12.5 Å². The lowest BCUT2D eigenvalue weighted by molar-refractivity contribution is 0.559. The van der Waals surface area contributed by atoms with Crippen molar-refractivity contribution in [3.63, 3.8) is 0 Å². The third-order valence-electron chi connectivity index (χ3n) is 4.96. The quantitative estimate of drug-likeness (QED) is 0.448. The Morgan fingerprint density at radius 3 is 2.17 bits per heavy atom. The van der Waals surface area contributed by atoms with E-state index in [2.05, 4.69) is 46.1 Å². The number of aromatic nitrogens is 4. The first-order valence-electron chi connectivity index (χ1n) is 10.1. The summed E-state index contributed by atoms with van der Waals surface area (Å²) < 4.78 is 2.09. The van der Waals surface area contributed by atoms with Crippen LogP contribution in [0, 0.1) is 0 Å². The molecular weight excluding hydrogens is 360 g/mol. The van der Waals surface area contributed by atoms with Crippen LogP contribution in [0.3, 0.4) is 0 Å². The van der Waals surface area contributed by atoms with Gasteiger partial charge in [-0.1, -0.05) is 80.4 Å². The van der Waals surface area contributed by atoms with Gasteiger partial charge in [0, 0.05) is 23.7 Å². The molecule has 146 valence electrons. The summed E-state index contributed by atoms with van der Waals surface area (Å²) in [7, 11) is 0. The molecule has 1 N–H and O–H groups in total. The molecule has 0 fully saturated rings. The van der Waals surface area contributed by atoms with Crippen LogP contribution in [-0.2, 0) is 6.54 Å². The van der Waals surface area contributed by atoms with Gasteiger partial charge in [-0.25, -0.2) is 5.10 Å². The van der Waals surface area contributed by atoms with Crippen LogP contribution in [0.15, 0.2) is 77.6 Å². The number of benzene rings is 2. The molecule has 0 unspecified atom stereocenters. The van der Waals surface area contributed by atoms with Gasteiger partial charge < -0.3 is 0 Å². The molecule has 4 rings (SSSR count). The Bertz CT molecular complexity index is 1110. The van der Waals surface area contributed by atoms with Crippen LogP contribution < -0.4 is 5.56 Å². The molecule has 5 heteroatoms. The molecule has 0 radical (unpaired) electrons. The Kier molecular flexibility index (Phi) is 5.66. The monoisotopic (exact) mass is 384 g/mol. The van der Waals surface area contributed by atoms with Crippen LogP contribution >= 0.6 is 0 Å². The van der Waals surface area contributed by atoms with Gasteiger partial charge in [0.05, 0.1) is 17.0 Å². The molecule has 0 bridgehead atoms. The third kappa shape index (κ3) is 4.04. The number of nitrogens with one attached hydrogen (secondary N) is 1. The molecule has 0 aliphatic heterocycles. The van der Waals surface area contributed by atoms with Crippen molar-refractivity contribution in [3.05, 3.63) is 83.2 Å². The minimum absolute atomic E-state index is 0.216. The Labute approximate surface area is 170 Å². The fourth-order valence-electron chi connectivity index (χ4n) is 3.55. The SMILES string of the molecule is CCCCCn1nc(-c2ccccc2)c(-c2ccc(=O)[nH]n2)c1-c1ccccc1. The summed E-state index contributed by atoms with van der Waals surface area (Å²) in [6.07, 6.45) is 3.37. The lowest BCUT2D eigenvalue weighted by Crippen LogP contribution is -2.06. The second-order valence-electron chi connectivity index (χ2n) is 7.04. The molecule has 2 aromatic heterocycles. The van der Waals surface area contributed by atoms with E-state index in [0.717, 1.165) is 53.9 Å². The van der Waals surface area contributed by atoms with E-state index >= 15 is 0 Å². The van der Waals surface area contributed by atoms with Gasteiger partial charge in [0.1, 0.15) is 5.69 Å². The highest BCUT2D eigenvalue weighted by Gasteiger charge is 2.22. The molecule has 29 heavy (non-hydrogen) atoms. The predicted octanol–water partition coefficient (Wildman–Crippen LogP) is 5.16. The van der Waals surface area contributed by atoms with Gasteiger partial charge in [0.25, 0.3) is 5.56 Å². The fraction of sp³-hybridized carbons (Fsp3) is 0.208. The Hall–Kier alpha value is -3.47. The average Bonchev–Trinajstić information content (AvgIpc) is 3.15. The van der Waals surface area contributed by atoms with Crippen LogP contribution in [0.4, 0.5) is 0 Å². The minimum atomic E-state index is -0.216. The smallest absolute Gasteiger partial charge is 0.264 e. The third-order valence-corrected chi connectivity index (χ3v) is 4.96. The zero-order valence-electron chi connectivity index (χ0n) is 16.5. The number of hydrogen-bond donors (Lipinski definition) is 1. The summed E-state index contributed by atoms with van der Waals surface area (Å²) in [5.74, 6) is 0. The second-order valence-corrected chi connectivity index (χ2v) is 7.04. The van der Waals surface area contributed by atoms with Gasteiger partial charge >= 0.3 is 0 Å². The molecule has 0 amide bonds. The number of unbranched alkanes of at least 4 members (excludes halogenated alkanes) is 2. The summed E-state index contributed by atoms with van der Waals surface area (Å²) in [5.41, 5.74) is 5.45. The van der Waals surface area contributed by atoms with Crippen molar-refractivity contribution >= 4 is 0 Å². The lowest BCUT2D eigenvalue weighted by Gasteiger charge is -2.10. The minimum Gasteiger partial charge on any atom is -0.268 e. The summed E-state index contributed by atoms with van der Waals surface area (Å²) >= 11 is 0. The highest BCUT2D eigenvalue weighted by atomic mass is 16.1. The van der Waals surface area contributed by atoms with Crippen molar-refractivity contribution in [1.29, 1.82) is 0 Å². The van der Waals surface area contributed by atoms with Crippen LogP contribution in [0.5, 0.6) is 0 Å². The van der Waals surface area contributed by atoms with E-state index in [-0.39, 0.29) is 5.56 Å². The molecule has 0 aliphatic carbocycles. The Morgan fingerprint density at radius 1 is 0.862 bits per heavy atom. The van der Waals surface area contributed by atoms with Gasteiger partial charge in [0.2, 0.25) is 0 Å². The van der Waals surface area contributed by atoms with Crippen LogP contribution in [0.25, 0.3) is 33.8 Å². The van der Waals surface area contributed by atoms with Crippen LogP contribution in [0.1, 0.15) is 26.2 Å². The maximum atomic E-state index is 11.6. The van der Waals surface area contributed by atoms with E-state index < -0.39 is 0 Å². The van der Waals surface area contributed by atoms with E-state index in [1.807, 2.05) is 36.4 Å². The largest absolute Gasteiger partial charge is 0.268 e. The van der Waals surface area contributed by atoms with Crippen LogP contribution in [0.2, 0.25) is 0 Å². The maximum absolute atomic E-state index is 11.6. The molecule has 0 saturated heterocycles. The van der Waals surface area contributed by atoms with E-state index in [1.165, 1.54) is 6.07 Å². The summed E-state index contributed by atoms with van der Waals surface area (Å²) in [6.45, 7) is 3.04. The maximum Gasteiger partial charge on any atom is 0.264 e. The predicted molar refractivity (Wildman–Crippen MR) is 116 cm³/mol. The molecule has 2 heterocycles. The summed E-state index contributed by atoms with van der Waals surface area (Å²) in [6, 6.07) is 23.7. The van der Waals surface area contributed by atoms with Crippen molar-refractivity contribution in [2.45, 2.75) is 32.7 Å². The summed E-state index contributed by atoms with van der Waals surface area (Å²) in [4.78, 5) is 11.6. The standard InChI is InChI=1S/C24H24N4O/c1-2-3-10-17-28-24(19-13-8-5-9-14-19)22(20-15-16-21(29)26-25-20)23(27-28)18-11-6-4-7-12-18/h4-9,11-16H,2-3,10,17H2,1H3,(H,26,29). The molecule has 0 spiro atoms. The van der Waals surface area contributed by atoms with Gasteiger partial charge in [0.15, 0.2) is 0 Å². The molecule has 0 atom stereocenters. The van der Waals surface area contributed by atoms with Crippen molar-refractivity contribution in [2.24, 2.45) is 0 Å². The topological polar surface area (TPSA) is 63.6 Å². The van der Waals surface area contributed by atoms with Gasteiger partial charge in [-0.3, -0.25) is 9.48 Å². The molecule has 2 aromatic carbocycles. The number of aryl methyl sites for hydroxylation is 1. The highest BCUT2D eigenvalue weighted by Crippen LogP contribution is 2.39. The van der Waals surface area contributed by atoms with E-state index in [0.29, 0.717) is 5.69 Å². The first-order valence-corrected chi connectivity index (χ1v) is 10.1. The summed E-state index contributed by atoms with van der Waals surface area (Å²) in [5, 5.41) is 11.9. The zero-order chi connectivity index (χ0) is 20.1. The molecule has 4 aromatic rings. The van der Waals surface area contributed by atoms with Crippen molar-refractivity contribution in [2.75, 3.05) is 0 Å². The van der Waals surface area contributed by atoms with E-state index in [4.69, 9.17) is 5.10 Å². The zero-order valence-corrected chi connectivity index (χ0v) is 16.5. The van der Waals surface area contributed by atoms with Gasteiger partial charge in [-0.2, -0.15) is 10.2 Å². The normalized spacial score (nSPS) is 10.9. The lowest BCUT2D eigenvalue weighted by atomic mass is 9.99. The molecule has 5 nitrogen and oxygen atoms in total. The number of aromatic amines is 1. The number of hydrogen-bond acceptors (Lipinski definition) is 3. The number of H-pyrrole nitrogens is 1. The fourth-order valence-corrected chi connectivity index (χ4v) is 3.55. The first kappa shape index (κ1) is 18.9. The number of rotatable bonds is 7. The molecule has 0 aliphatic rings. The second kappa shape index (κ2) is 8.69. The van der Waals surface area contributed by atoms with Crippen molar-refractivity contribution < 1.29 is 0 Å². The number of nitrogens with zero attached hydrogens (tertiary/aromatic N) is 3. The van der Waals surface area contributed by atoms with Crippen LogP contribution in [-0.4, -0.2) is 20.0 Å². The van der Waals surface area contributed by atoms with E-state index in [9.17, 15) is 4.79 Å². The van der Waals surface area contributed by atoms with E-state index in [1.54, 1.807) is 6.07 Å². The van der Waals surface area contributed by atoms with Gasteiger partial charge in [-0.15, -0.1) is 0 Å². The Morgan fingerprint density at radius 2 is 1.55 bits per heavy atom. The first-order chi connectivity index (χ1) is 14.3. The Balaban J connectivity index is 1.97. The molecular formula is C24H24N4O. The van der Waals surface area contributed by atoms with Crippen molar-refractivity contribution in [1.82, 2.24) is 20.0 Å².